The Morgan fingerprint density at radius 3 is 2.48 bits per heavy atom. The van der Waals surface area contributed by atoms with E-state index in [1.807, 2.05) is 18.2 Å². The molecule has 8 heteroatoms. The summed E-state index contributed by atoms with van der Waals surface area (Å²) in [7, 11) is -3.94. The SMILES string of the molecule is O=C(CN(Cc1ccccc1Cl)S(=O)(=O)c1ccc(Br)cc1)NC1CCCc2ccccc21. The molecule has 3 aromatic carbocycles. The third kappa shape index (κ3) is 5.66. The van der Waals surface area contributed by atoms with E-state index in [9.17, 15) is 13.2 Å². The molecule has 1 aliphatic carbocycles. The summed E-state index contributed by atoms with van der Waals surface area (Å²) in [5, 5.41) is 3.51. The van der Waals surface area contributed by atoms with Crippen LogP contribution in [-0.2, 0) is 27.8 Å². The van der Waals surface area contributed by atoms with E-state index in [0.29, 0.717) is 10.6 Å². The second-order valence-corrected chi connectivity index (χ2v) is 11.3. The zero-order valence-corrected chi connectivity index (χ0v) is 21.0. The second kappa shape index (κ2) is 10.4. The zero-order chi connectivity index (χ0) is 23.4. The number of benzene rings is 3. The van der Waals surface area contributed by atoms with E-state index in [4.69, 9.17) is 11.6 Å². The Bertz CT molecular complexity index is 1250. The number of amides is 1. The van der Waals surface area contributed by atoms with Gasteiger partial charge in [-0.3, -0.25) is 4.79 Å². The minimum Gasteiger partial charge on any atom is -0.348 e. The van der Waals surface area contributed by atoms with Gasteiger partial charge in [0.05, 0.1) is 17.5 Å². The number of hydrogen-bond donors (Lipinski definition) is 1. The Hall–Kier alpha value is -2.19. The van der Waals surface area contributed by atoms with Crippen LogP contribution in [0.4, 0.5) is 0 Å². The van der Waals surface area contributed by atoms with Gasteiger partial charge in [-0.1, -0.05) is 70.0 Å². The van der Waals surface area contributed by atoms with Crippen molar-refractivity contribution >= 4 is 43.5 Å². The molecule has 1 amide bonds. The molecule has 1 unspecified atom stereocenters. The van der Waals surface area contributed by atoms with Gasteiger partial charge in [-0.25, -0.2) is 8.42 Å². The zero-order valence-electron chi connectivity index (χ0n) is 17.9. The van der Waals surface area contributed by atoms with Crippen molar-refractivity contribution in [2.45, 2.75) is 36.7 Å². The Morgan fingerprint density at radius 1 is 1.03 bits per heavy atom. The summed E-state index contributed by atoms with van der Waals surface area (Å²) in [5.41, 5.74) is 2.96. The molecular formula is C25H24BrClN2O3S. The van der Waals surface area contributed by atoms with Gasteiger partial charge in [-0.05, 0) is 66.3 Å². The van der Waals surface area contributed by atoms with Crippen molar-refractivity contribution in [3.8, 4) is 0 Å². The molecule has 172 valence electrons. The number of carbonyl (C=O) groups is 1. The molecule has 3 aromatic rings. The van der Waals surface area contributed by atoms with E-state index >= 15 is 0 Å². The lowest BCUT2D eigenvalue weighted by atomic mass is 9.88. The van der Waals surface area contributed by atoms with E-state index in [0.717, 1.165) is 29.3 Å². The van der Waals surface area contributed by atoms with E-state index in [2.05, 4.69) is 27.3 Å². The summed E-state index contributed by atoms with van der Waals surface area (Å²) >= 11 is 9.64. The lowest BCUT2D eigenvalue weighted by Crippen LogP contribution is -2.42. The van der Waals surface area contributed by atoms with Gasteiger partial charge in [0.2, 0.25) is 15.9 Å². The summed E-state index contributed by atoms with van der Waals surface area (Å²) in [6.45, 7) is -0.310. The van der Waals surface area contributed by atoms with Gasteiger partial charge in [0, 0.05) is 16.0 Å². The number of hydrogen-bond acceptors (Lipinski definition) is 3. The van der Waals surface area contributed by atoms with Crippen LogP contribution in [0.25, 0.3) is 0 Å². The minimum absolute atomic E-state index is 0.00720. The van der Waals surface area contributed by atoms with Crippen LogP contribution in [0.15, 0.2) is 82.2 Å². The maximum absolute atomic E-state index is 13.5. The largest absolute Gasteiger partial charge is 0.348 e. The molecule has 0 fully saturated rings. The molecule has 0 heterocycles. The maximum Gasteiger partial charge on any atom is 0.243 e. The first-order chi connectivity index (χ1) is 15.8. The quantitative estimate of drug-likeness (QED) is 0.426. The highest BCUT2D eigenvalue weighted by Crippen LogP contribution is 2.30. The summed E-state index contributed by atoms with van der Waals surface area (Å²) in [6.07, 6.45) is 2.79. The Kier molecular flexibility index (Phi) is 7.54. The van der Waals surface area contributed by atoms with Gasteiger partial charge >= 0.3 is 0 Å². The molecule has 0 aliphatic heterocycles. The fourth-order valence-corrected chi connectivity index (χ4v) is 5.94. The number of sulfonamides is 1. The van der Waals surface area contributed by atoms with Crippen LogP contribution in [-0.4, -0.2) is 25.2 Å². The van der Waals surface area contributed by atoms with Crippen LogP contribution in [0.3, 0.4) is 0 Å². The number of nitrogens with one attached hydrogen (secondary N) is 1. The standard InChI is InChI=1S/C25H24BrClN2O3S/c26-20-12-14-21(15-13-20)33(31,32)29(16-19-7-2-4-10-23(19)27)17-25(30)28-24-11-5-8-18-6-1-3-9-22(18)24/h1-4,6-7,9-10,12-15,24H,5,8,11,16-17H2,(H,28,30). The highest BCUT2D eigenvalue weighted by molar-refractivity contribution is 9.10. The highest BCUT2D eigenvalue weighted by Gasteiger charge is 2.29. The van der Waals surface area contributed by atoms with Crippen molar-refractivity contribution in [2.24, 2.45) is 0 Å². The fraction of sp³-hybridized carbons (Fsp3) is 0.240. The number of halogens is 2. The molecule has 0 saturated carbocycles. The molecule has 0 spiro atoms. The highest BCUT2D eigenvalue weighted by atomic mass is 79.9. The molecule has 0 aromatic heterocycles. The van der Waals surface area contributed by atoms with Gasteiger partial charge in [0.1, 0.15) is 0 Å². The first kappa shape index (κ1) is 24.0. The third-order valence-electron chi connectivity index (χ3n) is 5.78. The van der Waals surface area contributed by atoms with Crippen molar-refractivity contribution in [2.75, 3.05) is 6.54 Å². The average molecular weight is 548 g/mol. The van der Waals surface area contributed by atoms with E-state index in [1.54, 1.807) is 36.4 Å². The van der Waals surface area contributed by atoms with Gasteiger partial charge in [0.25, 0.3) is 0 Å². The van der Waals surface area contributed by atoms with Crippen LogP contribution < -0.4 is 5.32 Å². The summed E-state index contributed by atoms with van der Waals surface area (Å²) in [4.78, 5) is 13.2. The number of nitrogens with zero attached hydrogens (tertiary/aromatic N) is 1. The number of aryl methyl sites for hydroxylation is 1. The summed E-state index contributed by atoms with van der Waals surface area (Å²) in [6, 6.07) is 21.4. The molecule has 1 N–H and O–H groups in total. The minimum atomic E-state index is -3.94. The van der Waals surface area contributed by atoms with Crippen molar-refractivity contribution in [3.05, 3.63) is 99.0 Å². The first-order valence-corrected chi connectivity index (χ1v) is 13.3. The smallest absolute Gasteiger partial charge is 0.243 e. The van der Waals surface area contributed by atoms with Gasteiger partial charge < -0.3 is 5.32 Å². The molecule has 4 rings (SSSR count). The average Bonchev–Trinajstić information content (AvgIpc) is 2.80. The van der Waals surface area contributed by atoms with Gasteiger partial charge in [-0.2, -0.15) is 4.31 Å². The van der Waals surface area contributed by atoms with Crippen LogP contribution in [0.2, 0.25) is 5.02 Å². The Morgan fingerprint density at radius 2 is 1.73 bits per heavy atom. The predicted octanol–water partition coefficient (Wildman–Crippen LogP) is 5.49. The summed E-state index contributed by atoms with van der Waals surface area (Å²) in [5.74, 6) is -0.343. The lowest BCUT2D eigenvalue weighted by molar-refractivity contribution is -0.122. The molecule has 5 nitrogen and oxygen atoms in total. The van der Waals surface area contributed by atoms with Gasteiger partial charge in [-0.15, -0.1) is 0 Å². The topological polar surface area (TPSA) is 66.5 Å². The molecule has 0 radical (unpaired) electrons. The number of rotatable bonds is 7. The molecule has 0 bridgehead atoms. The molecule has 0 saturated heterocycles. The summed E-state index contributed by atoms with van der Waals surface area (Å²) < 4.78 is 28.9. The normalized spacial score (nSPS) is 15.8. The Labute approximate surface area is 207 Å². The van der Waals surface area contributed by atoms with Crippen molar-refractivity contribution < 1.29 is 13.2 Å². The molecular weight excluding hydrogens is 524 g/mol. The van der Waals surface area contributed by atoms with E-state index in [-0.39, 0.29) is 29.9 Å². The second-order valence-electron chi connectivity index (χ2n) is 8.03. The fourth-order valence-electron chi connectivity index (χ4n) is 4.10. The van der Waals surface area contributed by atoms with Crippen molar-refractivity contribution in [3.63, 3.8) is 0 Å². The molecule has 1 atom stereocenters. The molecule has 1 aliphatic rings. The molecule has 33 heavy (non-hydrogen) atoms. The van der Waals surface area contributed by atoms with Crippen molar-refractivity contribution in [1.82, 2.24) is 9.62 Å². The monoisotopic (exact) mass is 546 g/mol. The third-order valence-corrected chi connectivity index (χ3v) is 8.48. The number of carbonyl (C=O) groups excluding carboxylic acids is 1. The van der Waals surface area contributed by atoms with Crippen molar-refractivity contribution in [1.29, 1.82) is 0 Å². The first-order valence-electron chi connectivity index (χ1n) is 10.7. The number of fused-ring (bicyclic) bond motifs is 1. The van der Waals surface area contributed by atoms with Crippen LogP contribution >= 0.6 is 27.5 Å². The lowest BCUT2D eigenvalue weighted by Gasteiger charge is -2.28. The maximum atomic E-state index is 13.5. The Balaban J connectivity index is 1.59. The van der Waals surface area contributed by atoms with Crippen LogP contribution in [0.5, 0.6) is 0 Å². The van der Waals surface area contributed by atoms with Crippen LogP contribution in [0.1, 0.15) is 35.6 Å². The van der Waals surface area contributed by atoms with Gasteiger partial charge in [0.15, 0.2) is 0 Å². The van der Waals surface area contributed by atoms with E-state index in [1.165, 1.54) is 22.0 Å². The van der Waals surface area contributed by atoms with Crippen LogP contribution in [0, 0.1) is 0 Å². The van der Waals surface area contributed by atoms with E-state index < -0.39 is 10.0 Å². The predicted molar refractivity (Wildman–Crippen MR) is 133 cm³/mol.